The van der Waals surface area contributed by atoms with Gasteiger partial charge in [-0.25, -0.2) is 4.98 Å². The van der Waals surface area contributed by atoms with Crippen LogP contribution < -0.4 is 0 Å². The van der Waals surface area contributed by atoms with Crippen LogP contribution in [0, 0.1) is 3.70 Å². The van der Waals surface area contributed by atoms with E-state index in [1.165, 1.54) is 12.3 Å². The van der Waals surface area contributed by atoms with Crippen molar-refractivity contribution in [1.82, 2.24) is 4.98 Å². The highest BCUT2D eigenvalue weighted by Crippen LogP contribution is 2.14. The fraction of sp³-hybridized carbons (Fsp3) is 0. The number of pyridine rings is 1. The summed E-state index contributed by atoms with van der Waals surface area (Å²) in [5.41, 5.74) is 0.277. The molecule has 10 heavy (non-hydrogen) atoms. The van der Waals surface area contributed by atoms with E-state index in [4.69, 9.17) is 5.11 Å². The van der Waals surface area contributed by atoms with Crippen LogP contribution in [0.3, 0.4) is 0 Å². The molecular formula is C6H4INO2. The van der Waals surface area contributed by atoms with Crippen molar-refractivity contribution in [2.45, 2.75) is 0 Å². The van der Waals surface area contributed by atoms with Gasteiger partial charge >= 0.3 is 0 Å². The van der Waals surface area contributed by atoms with Gasteiger partial charge in [0.1, 0.15) is 9.45 Å². The maximum Gasteiger partial charge on any atom is 0.153 e. The number of hydrogen-bond donors (Lipinski definition) is 1. The molecule has 1 rings (SSSR count). The van der Waals surface area contributed by atoms with Crippen LogP contribution in [0.4, 0.5) is 0 Å². The monoisotopic (exact) mass is 249 g/mol. The van der Waals surface area contributed by atoms with Crippen molar-refractivity contribution < 1.29 is 9.90 Å². The minimum atomic E-state index is -0.0737. The van der Waals surface area contributed by atoms with E-state index in [0.29, 0.717) is 9.99 Å². The largest absolute Gasteiger partial charge is 0.506 e. The van der Waals surface area contributed by atoms with Crippen LogP contribution in [0.2, 0.25) is 0 Å². The van der Waals surface area contributed by atoms with Crippen molar-refractivity contribution >= 4 is 28.9 Å². The smallest absolute Gasteiger partial charge is 0.153 e. The van der Waals surface area contributed by atoms with Crippen LogP contribution in [0.15, 0.2) is 12.3 Å². The number of aldehydes is 1. The lowest BCUT2D eigenvalue weighted by Gasteiger charge is -1.94. The third kappa shape index (κ3) is 1.44. The van der Waals surface area contributed by atoms with Gasteiger partial charge in [-0.2, -0.15) is 0 Å². The molecule has 1 aromatic heterocycles. The summed E-state index contributed by atoms with van der Waals surface area (Å²) < 4.78 is 0.692. The molecule has 0 amide bonds. The molecule has 0 unspecified atom stereocenters. The number of aromatic hydroxyl groups is 1. The second-order valence-electron chi connectivity index (χ2n) is 1.68. The molecule has 0 aliphatic rings. The van der Waals surface area contributed by atoms with Gasteiger partial charge in [0.2, 0.25) is 0 Å². The normalized spacial score (nSPS) is 9.30. The van der Waals surface area contributed by atoms with Gasteiger partial charge in [-0.15, -0.1) is 0 Å². The summed E-state index contributed by atoms with van der Waals surface area (Å²) in [6, 6.07) is 1.52. The highest BCUT2D eigenvalue weighted by molar-refractivity contribution is 14.1. The molecule has 3 nitrogen and oxygen atoms in total. The van der Waals surface area contributed by atoms with Crippen LogP contribution in [0.25, 0.3) is 0 Å². The number of carbonyl (C=O) groups excluding carboxylic acids is 1. The molecule has 4 heteroatoms. The molecule has 0 atom stereocenters. The molecule has 0 saturated carbocycles. The van der Waals surface area contributed by atoms with E-state index in [1.807, 2.05) is 22.6 Å². The van der Waals surface area contributed by atoms with Crippen LogP contribution >= 0.6 is 22.6 Å². The molecule has 0 aromatic carbocycles. The number of aromatic nitrogens is 1. The lowest BCUT2D eigenvalue weighted by atomic mass is 10.3. The second-order valence-corrected chi connectivity index (χ2v) is 2.79. The lowest BCUT2D eigenvalue weighted by molar-refractivity contribution is 0.112. The number of carbonyl (C=O) groups is 1. The molecule has 0 radical (unpaired) electrons. The lowest BCUT2D eigenvalue weighted by Crippen LogP contribution is -1.85. The van der Waals surface area contributed by atoms with Crippen molar-refractivity contribution in [1.29, 1.82) is 0 Å². The Balaban J connectivity index is 3.21. The molecular weight excluding hydrogens is 245 g/mol. The summed E-state index contributed by atoms with van der Waals surface area (Å²) in [5, 5.41) is 8.94. The first-order valence-corrected chi connectivity index (χ1v) is 3.61. The summed E-state index contributed by atoms with van der Waals surface area (Å²) >= 11 is 1.96. The van der Waals surface area contributed by atoms with Gasteiger partial charge in [0.05, 0.1) is 11.8 Å². The van der Waals surface area contributed by atoms with Crippen LogP contribution in [-0.2, 0) is 0 Å². The van der Waals surface area contributed by atoms with E-state index in [1.54, 1.807) is 0 Å². The van der Waals surface area contributed by atoms with Gasteiger partial charge in [0.15, 0.2) is 6.29 Å². The number of nitrogens with zero attached hydrogens (tertiary/aromatic N) is 1. The molecule has 1 heterocycles. The first-order chi connectivity index (χ1) is 4.74. The minimum absolute atomic E-state index is 0.0737. The maximum atomic E-state index is 10.2. The zero-order valence-corrected chi connectivity index (χ0v) is 7.07. The number of halogens is 1. The molecule has 1 N–H and O–H groups in total. The predicted molar refractivity (Wildman–Crippen MR) is 44.0 cm³/mol. The van der Waals surface area contributed by atoms with Crippen molar-refractivity contribution in [2.75, 3.05) is 0 Å². The SMILES string of the molecule is O=Cc1cc(I)ncc1O. The van der Waals surface area contributed by atoms with Crippen LogP contribution in [-0.4, -0.2) is 16.4 Å². The Morgan fingerprint density at radius 1 is 1.70 bits per heavy atom. The average Bonchev–Trinajstić information content (AvgIpc) is 1.94. The van der Waals surface area contributed by atoms with Crippen LogP contribution in [0.5, 0.6) is 5.75 Å². The third-order valence-electron chi connectivity index (χ3n) is 1.01. The first-order valence-electron chi connectivity index (χ1n) is 2.53. The van der Waals surface area contributed by atoms with E-state index in [0.717, 1.165) is 0 Å². The Labute approximate surface area is 71.2 Å². The minimum Gasteiger partial charge on any atom is -0.506 e. The van der Waals surface area contributed by atoms with Crippen LogP contribution in [0.1, 0.15) is 10.4 Å². The molecule has 0 fully saturated rings. The summed E-state index contributed by atoms with van der Waals surface area (Å²) in [4.78, 5) is 14.0. The van der Waals surface area contributed by atoms with Gasteiger partial charge in [0, 0.05) is 0 Å². The van der Waals surface area contributed by atoms with Gasteiger partial charge in [-0.05, 0) is 28.7 Å². The highest BCUT2D eigenvalue weighted by atomic mass is 127. The molecule has 0 aliphatic heterocycles. The Bertz CT molecular complexity index is 262. The van der Waals surface area contributed by atoms with Gasteiger partial charge < -0.3 is 5.11 Å². The molecule has 1 aromatic rings. The molecule has 52 valence electrons. The van der Waals surface area contributed by atoms with Gasteiger partial charge in [-0.3, -0.25) is 4.79 Å². The first kappa shape index (κ1) is 7.46. The third-order valence-corrected chi connectivity index (χ3v) is 1.60. The number of hydrogen-bond acceptors (Lipinski definition) is 3. The van der Waals surface area contributed by atoms with E-state index in [2.05, 4.69) is 4.98 Å². The Kier molecular flexibility index (Phi) is 2.21. The Hall–Kier alpha value is -0.650. The molecule has 0 saturated heterocycles. The summed E-state index contributed by atoms with van der Waals surface area (Å²) in [6.45, 7) is 0. The fourth-order valence-electron chi connectivity index (χ4n) is 0.531. The van der Waals surface area contributed by atoms with E-state index in [9.17, 15) is 4.79 Å². The van der Waals surface area contributed by atoms with E-state index >= 15 is 0 Å². The fourth-order valence-corrected chi connectivity index (χ4v) is 1.01. The van der Waals surface area contributed by atoms with Crippen molar-refractivity contribution in [3.63, 3.8) is 0 Å². The molecule has 0 bridgehead atoms. The Morgan fingerprint density at radius 2 is 2.40 bits per heavy atom. The van der Waals surface area contributed by atoms with Crippen molar-refractivity contribution in [3.05, 3.63) is 21.5 Å². The summed E-state index contributed by atoms with van der Waals surface area (Å²) in [6.07, 6.45) is 1.85. The number of rotatable bonds is 1. The van der Waals surface area contributed by atoms with Gasteiger partial charge in [-0.1, -0.05) is 0 Å². The maximum absolute atomic E-state index is 10.2. The zero-order valence-electron chi connectivity index (χ0n) is 4.91. The van der Waals surface area contributed by atoms with Gasteiger partial charge in [0.25, 0.3) is 0 Å². The Morgan fingerprint density at radius 3 is 2.90 bits per heavy atom. The topological polar surface area (TPSA) is 50.2 Å². The predicted octanol–water partition coefficient (Wildman–Crippen LogP) is 1.20. The second kappa shape index (κ2) is 2.96. The van der Waals surface area contributed by atoms with E-state index in [-0.39, 0.29) is 11.3 Å². The molecule has 0 aliphatic carbocycles. The van der Waals surface area contributed by atoms with E-state index < -0.39 is 0 Å². The zero-order chi connectivity index (χ0) is 7.56. The highest BCUT2D eigenvalue weighted by Gasteiger charge is 1.99. The molecule has 0 spiro atoms. The quantitative estimate of drug-likeness (QED) is 0.462. The average molecular weight is 249 g/mol. The van der Waals surface area contributed by atoms with Crippen molar-refractivity contribution in [2.24, 2.45) is 0 Å². The summed E-state index contributed by atoms with van der Waals surface area (Å²) in [5.74, 6) is -0.0737. The summed E-state index contributed by atoms with van der Waals surface area (Å²) in [7, 11) is 0. The standard InChI is InChI=1S/C6H4INO2/c7-6-1-4(3-9)5(10)2-8-6/h1-3,10H. The van der Waals surface area contributed by atoms with Crippen molar-refractivity contribution in [3.8, 4) is 5.75 Å².